The van der Waals surface area contributed by atoms with Crippen molar-refractivity contribution in [1.29, 1.82) is 0 Å². The first-order valence-corrected chi connectivity index (χ1v) is 6.30. The molecule has 0 bridgehead atoms. The molecule has 0 atom stereocenters. The zero-order valence-corrected chi connectivity index (χ0v) is 11.3. The second kappa shape index (κ2) is 5.48. The van der Waals surface area contributed by atoms with Crippen LogP contribution in [0.5, 0.6) is 0 Å². The fourth-order valence-electron chi connectivity index (χ4n) is 1.52. The van der Waals surface area contributed by atoms with E-state index in [1.54, 1.807) is 30.3 Å². The number of halogens is 3. The Hall–Kier alpha value is -1.75. The monoisotopic (exact) mass is 325 g/mol. The highest BCUT2D eigenvalue weighted by molar-refractivity contribution is 9.10. The average Bonchev–Trinajstić information content (AvgIpc) is 2.40. The van der Waals surface area contributed by atoms with E-state index in [2.05, 4.69) is 21.2 Å². The van der Waals surface area contributed by atoms with Gasteiger partial charge in [0, 0.05) is 15.7 Å². The van der Waals surface area contributed by atoms with Gasteiger partial charge >= 0.3 is 5.92 Å². The van der Waals surface area contributed by atoms with Gasteiger partial charge in [0.15, 0.2) is 0 Å². The Bertz CT molecular complexity index is 570. The minimum absolute atomic E-state index is 0.337. The molecule has 0 aliphatic carbocycles. The minimum atomic E-state index is -3.57. The number of carbonyl (C=O) groups is 1. The highest BCUT2D eigenvalue weighted by Crippen LogP contribution is 2.30. The first-order valence-electron chi connectivity index (χ1n) is 5.50. The van der Waals surface area contributed by atoms with Gasteiger partial charge in [-0.1, -0.05) is 46.3 Å². The van der Waals surface area contributed by atoms with E-state index in [4.69, 9.17) is 0 Å². The molecule has 2 rings (SSSR count). The number of rotatable bonds is 3. The Labute approximate surface area is 117 Å². The van der Waals surface area contributed by atoms with Gasteiger partial charge in [0.25, 0.3) is 5.91 Å². The lowest BCUT2D eigenvalue weighted by atomic mass is 10.1. The fraction of sp³-hybridized carbons (Fsp3) is 0.0714. The maximum Gasteiger partial charge on any atom is 0.350 e. The molecule has 0 aliphatic rings. The molecular formula is C14H10BrF2NO. The summed E-state index contributed by atoms with van der Waals surface area (Å²) in [5.74, 6) is -4.92. The number of anilines is 1. The van der Waals surface area contributed by atoms with Crippen molar-refractivity contribution in [3.63, 3.8) is 0 Å². The predicted molar refractivity (Wildman–Crippen MR) is 73.1 cm³/mol. The molecule has 0 saturated carbocycles. The maximum absolute atomic E-state index is 13.9. The lowest BCUT2D eigenvalue weighted by Crippen LogP contribution is -2.32. The average molecular weight is 326 g/mol. The first kappa shape index (κ1) is 13.7. The van der Waals surface area contributed by atoms with Crippen molar-refractivity contribution in [1.82, 2.24) is 0 Å². The van der Waals surface area contributed by atoms with Crippen LogP contribution in [0.1, 0.15) is 5.56 Å². The van der Waals surface area contributed by atoms with Crippen molar-refractivity contribution in [2.45, 2.75) is 5.92 Å². The summed E-state index contributed by atoms with van der Waals surface area (Å²) >= 11 is 3.16. The van der Waals surface area contributed by atoms with Crippen molar-refractivity contribution in [2.75, 3.05) is 5.32 Å². The van der Waals surface area contributed by atoms with Crippen LogP contribution in [0.2, 0.25) is 0 Å². The van der Waals surface area contributed by atoms with Crippen LogP contribution in [-0.4, -0.2) is 5.91 Å². The fourth-order valence-corrected chi connectivity index (χ4v) is 1.79. The number of benzene rings is 2. The van der Waals surface area contributed by atoms with Crippen LogP contribution in [-0.2, 0) is 10.7 Å². The molecule has 5 heteroatoms. The molecule has 0 spiro atoms. The molecule has 0 radical (unpaired) electrons. The van der Waals surface area contributed by atoms with E-state index in [9.17, 15) is 13.6 Å². The molecule has 1 amide bonds. The Morgan fingerprint density at radius 2 is 1.58 bits per heavy atom. The molecule has 2 nitrogen and oxygen atoms in total. The first-order chi connectivity index (χ1) is 9.00. The molecule has 98 valence electrons. The second-order valence-electron chi connectivity index (χ2n) is 3.90. The minimum Gasteiger partial charge on any atom is -0.321 e. The molecule has 0 aromatic heterocycles. The standard InChI is InChI=1S/C14H10BrF2NO/c15-11-8-6-10(7-9-11)14(16,17)13(19)18-12-4-2-1-3-5-12/h1-9H,(H,18,19). The van der Waals surface area contributed by atoms with E-state index >= 15 is 0 Å². The van der Waals surface area contributed by atoms with E-state index in [1.165, 1.54) is 24.3 Å². The number of para-hydroxylation sites is 1. The highest BCUT2D eigenvalue weighted by Gasteiger charge is 2.40. The molecule has 0 heterocycles. The van der Waals surface area contributed by atoms with Crippen molar-refractivity contribution in [3.8, 4) is 0 Å². The number of carbonyl (C=O) groups excluding carboxylic acids is 1. The van der Waals surface area contributed by atoms with Gasteiger partial charge in [-0.15, -0.1) is 0 Å². The third-order valence-electron chi connectivity index (χ3n) is 2.52. The quantitative estimate of drug-likeness (QED) is 0.901. The Kier molecular flexibility index (Phi) is 3.95. The van der Waals surface area contributed by atoms with Gasteiger partial charge in [-0.3, -0.25) is 4.79 Å². The van der Waals surface area contributed by atoms with Gasteiger partial charge in [0.05, 0.1) is 0 Å². The largest absolute Gasteiger partial charge is 0.350 e. The molecule has 2 aromatic carbocycles. The topological polar surface area (TPSA) is 29.1 Å². The zero-order valence-electron chi connectivity index (χ0n) is 9.74. The Morgan fingerprint density at radius 1 is 1.00 bits per heavy atom. The number of hydrogen-bond acceptors (Lipinski definition) is 1. The van der Waals surface area contributed by atoms with E-state index < -0.39 is 11.8 Å². The summed E-state index contributed by atoms with van der Waals surface area (Å²) < 4.78 is 28.6. The molecule has 2 aromatic rings. The zero-order chi connectivity index (χ0) is 13.9. The van der Waals surface area contributed by atoms with Gasteiger partial charge in [0.1, 0.15) is 0 Å². The van der Waals surface area contributed by atoms with Crippen molar-refractivity contribution < 1.29 is 13.6 Å². The Morgan fingerprint density at radius 3 is 2.16 bits per heavy atom. The van der Waals surface area contributed by atoms with Crippen LogP contribution in [0.25, 0.3) is 0 Å². The van der Waals surface area contributed by atoms with Crippen LogP contribution in [0.15, 0.2) is 59.1 Å². The molecule has 0 saturated heterocycles. The third kappa shape index (κ3) is 3.17. The number of nitrogens with one attached hydrogen (secondary N) is 1. The van der Waals surface area contributed by atoms with Crippen LogP contribution in [0, 0.1) is 0 Å². The Balaban J connectivity index is 2.19. The molecule has 1 N–H and O–H groups in total. The number of amides is 1. The SMILES string of the molecule is O=C(Nc1ccccc1)C(F)(F)c1ccc(Br)cc1. The third-order valence-corrected chi connectivity index (χ3v) is 3.05. The summed E-state index contributed by atoms with van der Waals surface area (Å²) in [6, 6.07) is 13.5. The lowest BCUT2D eigenvalue weighted by molar-refractivity contribution is -0.140. The summed E-state index contributed by atoms with van der Waals surface area (Å²) in [5.41, 5.74) is -0.00609. The number of hydrogen-bond donors (Lipinski definition) is 1. The van der Waals surface area contributed by atoms with Gasteiger partial charge in [0.2, 0.25) is 0 Å². The van der Waals surface area contributed by atoms with Crippen molar-refractivity contribution >= 4 is 27.5 Å². The molecule has 0 aliphatic heterocycles. The number of alkyl halides is 2. The van der Waals surface area contributed by atoms with E-state index in [0.29, 0.717) is 10.2 Å². The van der Waals surface area contributed by atoms with Crippen LogP contribution < -0.4 is 5.32 Å². The van der Waals surface area contributed by atoms with Gasteiger partial charge in [-0.25, -0.2) is 0 Å². The maximum atomic E-state index is 13.9. The van der Waals surface area contributed by atoms with Crippen molar-refractivity contribution in [2.24, 2.45) is 0 Å². The van der Waals surface area contributed by atoms with Crippen LogP contribution >= 0.6 is 15.9 Å². The normalized spacial score (nSPS) is 11.1. The molecule has 0 unspecified atom stereocenters. The summed E-state index contributed by atoms with van der Waals surface area (Å²) in [6.07, 6.45) is 0. The van der Waals surface area contributed by atoms with Gasteiger partial charge in [-0.2, -0.15) is 8.78 Å². The second-order valence-corrected chi connectivity index (χ2v) is 4.82. The van der Waals surface area contributed by atoms with Gasteiger partial charge < -0.3 is 5.32 Å². The summed E-state index contributed by atoms with van der Waals surface area (Å²) in [5, 5.41) is 2.19. The summed E-state index contributed by atoms with van der Waals surface area (Å²) in [6.45, 7) is 0. The lowest BCUT2D eigenvalue weighted by Gasteiger charge is -2.16. The van der Waals surface area contributed by atoms with E-state index in [1.807, 2.05) is 0 Å². The van der Waals surface area contributed by atoms with E-state index in [-0.39, 0.29) is 5.56 Å². The van der Waals surface area contributed by atoms with E-state index in [0.717, 1.165) is 0 Å². The predicted octanol–water partition coefficient (Wildman–Crippen LogP) is 4.18. The summed E-state index contributed by atoms with van der Waals surface area (Å²) in [7, 11) is 0. The highest BCUT2D eigenvalue weighted by atomic mass is 79.9. The molecule has 19 heavy (non-hydrogen) atoms. The smallest absolute Gasteiger partial charge is 0.321 e. The van der Waals surface area contributed by atoms with Gasteiger partial charge in [-0.05, 0) is 24.3 Å². The van der Waals surface area contributed by atoms with Crippen LogP contribution in [0.4, 0.5) is 14.5 Å². The van der Waals surface area contributed by atoms with Crippen molar-refractivity contribution in [3.05, 3.63) is 64.6 Å². The molecular weight excluding hydrogens is 316 g/mol. The summed E-state index contributed by atoms with van der Waals surface area (Å²) in [4.78, 5) is 11.6. The van der Waals surface area contributed by atoms with Crippen LogP contribution in [0.3, 0.4) is 0 Å². The molecule has 0 fully saturated rings.